The molecule has 0 aliphatic rings. The normalized spacial score (nSPS) is 10.8. The second-order valence-electron chi connectivity index (χ2n) is 3.93. The molecule has 0 radical (unpaired) electrons. The minimum absolute atomic E-state index is 0.120. The zero-order valence-corrected chi connectivity index (χ0v) is 11.9. The van der Waals surface area contributed by atoms with Crippen LogP contribution in [0.15, 0.2) is 46.7 Å². The van der Waals surface area contributed by atoms with Crippen molar-refractivity contribution in [3.05, 3.63) is 47.4 Å². The number of benzene rings is 1. The van der Waals surface area contributed by atoms with Crippen molar-refractivity contribution in [3.8, 4) is 11.4 Å². The Bertz CT molecular complexity index is 780. The highest BCUT2D eigenvalue weighted by Gasteiger charge is 2.14. The predicted molar refractivity (Wildman–Crippen MR) is 74.1 cm³/mol. The Hall–Kier alpha value is -2.19. The van der Waals surface area contributed by atoms with Crippen molar-refractivity contribution in [2.75, 3.05) is 0 Å². The number of hydrogen-bond donors (Lipinski definition) is 1. The van der Waals surface area contributed by atoms with Crippen LogP contribution in [0.5, 0.6) is 5.75 Å². The molecule has 0 spiro atoms. The van der Waals surface area contributed by atoms with Crippen LogP contribution < -0.4 is 0 Å². The third kappa shape index (κ3) is 2.96. The lowest BCUT2D eigenvalue weighted by Gasteiger charge is -2.04. The van der Waals surface area contributed by atoms with Crippen molar-refractivity contribution < 1.29 is 9.50 Å². The van der Waals surface area contributed by atoms with E-state index in [2.05, 4.69) is 20.5 Å². The number of rotatable bonds is 3. The van der Waals surface area contributed by atoms with Crippen molar-refractivity contribution in [1.29, 1.82) is 0 Å². The molecule has 0 unspecified atom stereocenters. The molecule has 0 amide bonds. The molecule has 0 atom stereocenters. The molecule has 0 fully saturated rings. The van der Waals surface area contributed by atoms with Crippen LogP contribution in [0.25, 0.3) is 5.69 Å². The number of aromatic nitrogens is 5. The van der Waals surface area contributed by atoms with Crippen molar-refractivity contribution in [1.82, 2.24) is 25.2 Å². The van der Waals surface area contributed by atoms with Gasteiger partial charge in [-0.3, -0.25) is 0 Å². The number of aromatic hydroxyl groups is 1. The lowest BCUT2D eigenvalue weighted by Crippen LogP contribution is -1.99. The molecule has 0 saturated heterocycles. The summed E-state index contributed by atoms with van der Waals surface area (Å²) in [6.07, 6.45) is 1.35. The van der Waals surface area contributed by atoms with E-state index in [9.17, 15) is 9.50 Å². The first kappa shape index (κ1) is 13.8. The number of nitrogens with zero attached hydrogens (tertiary/aromatic N) is 5. The molecule has 0 aliphatic heterocycles. The van der Waals surface area contributed by atoms with Crippen LogP contribution in [-0.2, 0) is 0 Å². The summed E-state index contributed by atoms with van der Waals surface area (Å²) < 4.78 is 15.2. The van der Waals surface area contributed by atoms with Gasteiger partial charge in [0.05, 0.1) is 10.7 Å². The Morgan fingerprint density at radius 2 is 2.00 bits per heavy atom. The van der Waals surface area contributed by atoms with E-state index < -0.39 is 5.82 Å². The molecule has 2 heterocycles. The largest absolute Gasteiger partial charge is 0.508 e. The average molecular weight is 324 g/mol. The number of pyridine rings is 1. The molecule has 21 heavy (non-hydrogen) atoms. The van der Waals surface area contributed by atoms with Gasteiger partial charge in [0, 0.05) is 6.20 Å². The van der Waals surface area contributed by atoms with Crippen molar-refractivity contribution in [3.63, 3.8) is 0 Å². The highest BCUT2D eigenvalue weighted by atomic mass is 35.5. The van der Waals surface area contributed by atoms with E-state index in [1.807, 2.05) is 0 Å². The second-order valence-corrected chi connectivity index (χ2v) is 5.32. The number of phenols is 1. The van der Waals surface area contributed by atoms with Gasteiger partial charge in [-0.1, -0.05) is 11.6 Å². The Kier molecular flexibility index (Phi) is 3.72. The Morgan fingerprint density at radius 3 is 2.71 bits per heavy atom. The molecular weight excluding hydrogens is 317 g/mol. The maximum absolute atomic E-state index is 13.8. The molecule has 0 aliphatic carbocycles. The summed E-state index contributed by atoms with van der Waals surface area (Å²) in [7, 11) is 0. The number of phenolic OH excluding ortho intramolecular Hbond substituents is 1. The molecule has 0 saturated carbocycles. The third-order valence-electron chi connectivity index (χ3n) is 2.50. The SMILES string of the molecule is Oc1ccc(-n2nnnc2Sc2ncc(Cl)cc2F)cc1. The van der Waals surface area contributed by atoms with Crippen LogP contribution >= 0.6 is 23.4 Å². The van der Waals surface area contributed by atoms with Gasteiger partial charge < -0.3 is 5.11 Å². The molecule has 6 nitrogen and oxygen atoms in total. The van der Waals surface area contributed by atoms with Crippen LogP contribution in [-0.4, -0.2) is 30.3 Å². The first-order chi connectivity index (χ1) is 10.1. The molecule has 3 rings (SSSR count). The van der Waals surface area contributed by atoms with Crippen molar-refractivity contribution >= 4 is 23.4 Å². The number of halogens is 2. The zero-order chi connectivity index (χ0) is 14.8. The smallest absolute Gasteiger partial charge is 0.220 e. The summed E-state index contributed by atoms with van der Waals surface area (Å²) in [5, 5.41) is 21.2. The summed E-state index contributed by atoms with van der Waals surface area (Å²) in [4.78, 5) is 3.91. The predicted octanol–water partition coefficient (Wildman–Crippen LogP) is 2.71. The highest BCUT2D eigenvalue weighted by Crippen LogP contribution is 2.28. The summed E-state index contributed by atoms with van der Waals surface area (Å²) >= 11 is 6.63. The fourth-order valence-electron chi connectivity index (χ4n) is 1.56. The van der Waals surface area contributed by atoms with E-state index in [4.69, 9.17) is 11.6 Å². The summed E-state index contributed by atoms with van der Waals surface area (Å²) in [5.74, 6) is -0.417. The topological polar surface area (TPSA) is 76.7 Å². The van der Waals surface area contributed by atoms with Crippen LogP contribution in [0.4, 0.5) is 4.39 Å². The first-order valence-electron chi connectivity index (χ1n) is 5.70. The van der Waals surface area contributed by atoms with E-state index in [0.29, 0.717) is 10.8 Å². The van der Waals surface area contributed by atoms with E-state index >= 15 is 0 Å². The highest BCUT2D eigenvalue weighted by molar-refractivity contribution is 7.99. The number of hydrogen-bond acceptors (Lipinski definition) is 6. The van der Waals surface area contributed by atoms with Crippen LogP contribution in [0.2, 0.25) is 5.02 Å². The van der Waals surface area contributed by atoms with Gasteiger partial charge >= 0.3 is 0 Å². The standard InChI is InChI=1S/C12H7ClFN5OS/c13-7-5-10(14)11(15-6-7)21-12-16-17-18-19(12)8-1-3-9(20)4-2-8/h1-6,20H. The minimum Gasteiger partial charge on any atom is -0.508 e. The first-order valence-corrected chi connectivity index (χ1v) is 6.89. The Labute approximate surface area is 127 Å². The third-order valence-corrected chi connectivity index (χ3v) is 3.63. The Balaban J connectivity index is 1.94. The molecular formula is C12H7ClFN5OS. The molecule has 9 heteroatoms. The van der Waals surface area contributed by atoms with Gasteiger partial charge in [0.1, 0.15) is 10.8 Å². The van der Waals surface area contributed by atoms with E-state index in [-0.39, 0.29) is 15.8 Å². The molecule has 2 aromatic heterocycles. The summed E-state index contributed by atoms with van der Waals surface area (Å²) in [6, 6.07) is 7.47. The van der Waals surface area contributed by atoms with E-state index in [1.54, 1.807) is 12.1 Å². The van der Waals surface area contributed by atoms with Gasteiger partial charge in [-0.15, -0.1) is 5.10 Å². The van der Waals surface area contributed by atoms with Gasteiger partial charge in [-0.25, -0.2) is 9.37 Å². The van der Waals surface area contributed by atoms with Gasteiger partial charge in [-0.2, -0.15) is 4.68 Å². The van der Waals surface area contributed by atoms with Gasteiger partial charge in [0.2, 0.25) is 5.16 Å². The molecule has 1 aromatic carbocycles. The lowest BCUT2D eigenvalue weighted by atomic mass is 10.3. The number of tetrazole rings is 1. The van der Waals surface area contributed by atoms with Crippen molar-refractivity contribution in [2.24, 2.45) is 0 Å². The van der Waals surface area contributed by atoms with E-state index in [1.165, 1.54) is 29.1 Å². The van der Waals surface area contributed by atoms with Crippen LogP contribution in [0, 0.1) is 5.82 Å². The van der Waals surface area contributed by atoms with Gasteiger partial charge in [0.25, 0.3) is 0 Å². The van der Waals surface area contributed by atoms with Crippen LogP contribution in [0.3, 0.4) is 0 Å². The summed E-state index contributed by atoms with van der Waals surface area (Å²) in [5.41, 5.74) is 0.634. The molecule has 0 bridgehead atoms. The zero-order valence-electron chi connectivity index (χ0n) is 10.3. The van der Waals surface area contributed by atoms with E-state index in [0.717, 1.165) is 11.8 Å². The fourth-order valence-corrected chi connectivity index (χ4v) is 2.45. The Morgan fingerprint density at radius 1 is 1.24 bits per heavy atom. The minimum atomic E-state index is -0.548. The molecule has 1 N–H and O–H groups in total. The molecule has 3 aromatic rings. The monoisotopic (exact) mass is 323 g/mol. The lowest BCUT2D eigenvalue weighted by molar-refractivity contribution is 0.475. The van der Waals surface area contributed by atoms with Gasteiger partial charge in [-0.05, 0) is 52.5 Å². The quantitative estimate of drug-likeness (QED) is 0.798. The fraction of sp³-hybridized carbons (Fsp3) is 0. The average Bonchev–Trinajstić information content (AvgIpc) is 2.91. The summed E-state index contributed by atoms with van der Waals surface area (Å²) in [6.45, 7) is 0. The maximum atomic E-state index is 13.8. The molecule has 106 valence electrons. The van der Waals surface area contributed by atoms with Crippen LogP contribution in [0.1, 0.15) is 0 Å². The second kappa shape index (κ2) is 5.66. The van der Waals surface area contributed by atoms with Gasteiger partial charge in [0.15, 0.2) is 5.82 Å². The maximum Gasteiger partial charge on any atom is 0.220 e. The van der Waals surface area contributed by atoms with Crippen molar-refractivity contribution in [2.45, 2.75) is 10.2 Å².